The maximum absolute atomic E-state index is 13.7. The van der Waals surface area contributed by atoms with Crippen LogP contribution in [-0.4, -0.2) is 46.9 Å². The Morgan fingerprint density at radius 1 is 1.45 bits per heavy atom. The third-order valence-corrected chi connectivity index (χ3v) is 3.08. The Bertz CT molecular complexity index is 588. The number of carbonyl (C=O) groups excluding carboxylic acids is 2. The Morgan fingerprint density at radius 3 is 2.80 bits per heavy atom. The minimum Gasteiger partial charge on any atom is -0.480 e. The van der Waals surface area contributed by atoms with Gasteiger partial charge in [0.25, 0.3) is 5.91 Å². The number of nitrogens with one attached hydrogen (secondary N) is 1. The van der Waals surface area contributed by atoms with Gasteiger partial charge in [0.15, 0.2) is 0 Å². The molecule has 0 radical (unpaired) electrons. The van der Waals surface area contributed by atoms with E-state index in [4.69, 9.17) is 5.11 Å². The molecule has 2 N–H and O–H groups in total. The van der Waals surface area contributed by atoms with E-state index in [-0.39, 0.29) is 12.1 Å². The van der Waals surface area contributed by atoms with Crippen LogP contribution in [-0.2, 0) is 9.59 Å². The first-order chi connectivity index (χ1) is 9.40. The van der Waals surface area contributed by atoms with Crippen LogP contribution in [0.25, 0.3) is 0 Å². The van der Waals surface area contributed by atoms with Crippen LogP contribution < -0.4 is 5.32 Å². The molecule has 1 aromatic rings. The van der Waals surface area contributed by atoms with E-state index in [0.717, 1.165) is 11.0 Å². The second-order valence-electron chi connectivity index (χ2n) is 4.57. The number of amides is 2. The van der Waals surface area contributed by atoms with Crippen molar-refractivity contribution in [1.82, 2.24) is 10.2 Å². The van der Waals surface area contributed by atoms with Crippen molar-refractivity contribution in [3.05, 3.63) is 35.1 Å². The Morgan fingerprint density at radius 2 is 2.15 bits per heavy atom. The summed E-state index contributed by atoms with van der Waals surface area (Å²) >= 11 is 0. The number of piperazine rings is 1. The smallest absolute Gasteiger partial charge is 0.328 e. The fourth-order valence-corrected chi connectivity index (χ4v) is 2.03. The van der Waals surface area contributed by atoms with E-state index in [1.165, 1.54) is 12.1 Å². The van der Waals surface area contributed by atoms with E-state index in [1.807, 2.05) is 0 Å². The monoisotopic (exact) mass is 280 g/mol. The average molecular weight is 280 g/mol. The fraction of sp³-hybridized carbons (Fsp3) is 0.308. The number of carboxylic acid groups (broad SMARTS) is 1. The predicted octanol–water partition coefficient (Wildman–Crippen LogP) is 0.159. The van der Waals surface area contributed by atoms with Crippen molar-refractivity contribution in [2.75, 3.05) is 13.1 Å². The number of carbonyl (C=O) groups is 3. The number of halogens is 1. The summed E-state index contributed by atoms with van der Waals surface area (Å²) in [5, 5.41) is 11.4. The van der Waals surface area contributed by atoms with Gasteiger partial charge in [0.2, 0.25) is 5.91 Å². The van der Waals surface area contributed by atoms with Crippen LogP contribution in [0.15, 0.2) is 18.2 Å². The van der Waals surface area contributed by atoms with Gasteiger partial charge < -0.3 is 15.3 Å². The number of nitrogens with zero attached hydrogens (tertiary/aromatic N) is 1. The molecule has 1 atom stereocenters. The molecule has 1 saturated heterocycles. The third-order valence-electron chi connectivity index (χ3n) is 3.08. The predicted molar refractivity (Wildman–Crippen MR) is 66.6 cm³/mol. The second-order valence-corrected chi connectivity index (χ2v) is 4.57. The molecule has 1 unspecified atom stereocenters. The van der Waals surface area contributed by atoms with E-state index in [1.54, 1.807) is 6.92 Å². The zero-order valence-corrected chi connectivity index (χ0v) is 10.7. The lowest BCUT2D eigenvalue weighted by atomic mass is 10.1. The molecule has 2 amide bonds. The maximum atomic E-state index is 13.7. The fourth-order valence-electron chi connectivity index (χ4n) is 2.03. The first-order valence-corrected chi connectivity index (χ1v) is 5.97. The molecule has 1 aromatic carbocycles. The number of aliphatic carboxylic acids is 1. The molecule has 0 bridgehead atoms. The molecule has 0 aliphatic carbocycles. The minimum atomic E-state index is -1.24. The summed E-state index contributed by atoms with van der Waals surface area (Å²) in [6.45, 7) is 1.10. The lowest BCUT2D eigenvalue weighted by Crippen LogP contribution is -2.59. The SMILES string of the molecule is Cc1ccc(F)c(C(=O)N2CC(=O)NCC2C(=O)O)c1. The molecular weight excluding hydrogens is 267 g/mol. The molecule has 1 aliphatic rings. The van der Waals surface area contributed by atoms with Crippen molar-refractivity contribution in [2.24, 2.45) is 0 Å². The molecule has 1 aliphatic heterocycles. The Labute approximate surface area is 114 Å². The highest BCUT2D eigenvalue weighted by molar-refractivity contribution is 6.00. The third kappa shape index (κ3) is 2.61. The molecule has 0 saturated carbocycles. The van der Waals surface area contributed by atoms with Crippen LogP contribution in [0.5, 0.6) is 0 Å². The van der Waals surface area contributed by atoms with Gasteiger partial charge in [-0.1, -0.05) is 11.6 Å². The molecule has 7 heteroatoms. The van der Waals surface area contributed by atoms with Crippen molar-refractivity contribution in [1.29, 1.82) is 0 Å². The van der Waals surface area contributed by atoms with Gasteiger partial charge in [-0.05, 0) is 19.1 Å². The Hall–Kier alpha value is -2.44. The van der Waals surface area contributed by atoms with Gasteiger partial charge in [-0.15, -0.1) is 0 Å². The number of carboxylic acids is 1. The van der Waals surface area contributed by atoms with Gasteiger partial charge in [0.05, 0.1) is 5.56 Å². The number of rotatable bonds is 2. The normalized spacial score (nSPS) is 18.6. The summed E-state index contributed by atoms with van der Waals surface area (Å²) in [7, 11) is 0. The van der Waals surface area contributed by atoms with Gasteiger partial charge in [-0.2, -0.15) is 0 Å². The van der Waals surface area contributed by atoms with E-state index < -0.39 is 36.2 Å². The second kappa shape index (κ2) is 5.28. The van der Waals surface area contributed by atoms with Gasteiger partial charge in [-0.25, -0.2) is 9.18 Å². The largest absolute Gasteiger partial charge is 0.480 e. The summed E-state index contributed by atoms with van der Waals surface area (Å²) in [6.07, 6.45) is 0. The zero-order valence-electron chi connectivity index (χ0n) is 10.7. The topological polar surface area (TPSA) is 86.7 Å². The van der Waals surface area contributed by atoms with E-state index in [0.29, 0.717) is 5.56 Å². The quantitative estimate of drug-likeness (QED) is 0.808. The van der Waals surface area contributed by atoms with Crippen LogP contribution in [0.3, 0.4) is 0 Å². The number of aryl methyl sites for hydroxylation is 1. The molecule has 0 spiro atoms. The Balaban J connectivity index is 2.36. The Kier molecular flexibility index (Phi) is 3.69. The standard InChI is InChI=1S/C13H13FN2O4/c1-7-2-3-9(14)8(4-7)12(18)16-6-11(17)15-5-10(16)13(19)20/h2-4,10H,5-6H2,1H3,(H,15,17)(H,19,20). The summed E-state index contributed by atoms with van der Waals surface area (Å²) in [6, 6.07) is 2.79. The number of hydrogen-bond donors (Lipinski definition) is 2. The summed E-state index contributed by atoms with van der Waals surface area (Å²) in [4.78, 5) is 35.6. The summed E-state index contributed by atoms with van der Waals surface area (Å²) < 4.78 is 13.7. The van der Waals surface area contributed by atoms with E-state index in [9.17, 15) is 18.8 Å². The van der Waals surface area contributed by atoms with Gasteiger partial charge in [0, 0.05) is 6.54 Å². The molecule has 1 heterocycles. The summed E-state index contributed by atoms with van der Waals surface area (Å²) in [5.74, 6) is -3.25. The van der Waals surface area contributed by atoms with Gasteiger partial charge >= 0.3 is 5.97 Å². The summed E-state index contributed by atoms with van der Waals surface area (Å²) in [5.41, 5.74) is 0.439. The van der Waals surface area contributed by atoms with Crippen molar-refractivity contribution in [3.63, 3.8) is 0 Å². The lowest BCUT2D eigenvalue weighted by molar-refractivity contribution is -0.144. The molecule has 20 heavy (non-hydrogen) atoms. The van der Waals surface area contributed by atoms with Crippen LogP contribution in [0.2, 0.25) is 0 Å². The number of hydrogen-bond acceptors (Lipinski definition) is 3. The molecule has 6 nitrogen and oxygen atoms in total. The highest BCUT2D eigenvalue weighted by Crippen LogP contribution is 2.16. The minimum absolute atomic E-state index is 0.187. The van der Waals surface area contributed by atoms with Gasteiger partial charge in [0.1, 0.15) is 18.4 Å². The highest BCUT2D eigenvalue weighted by Gasteiger charge is 2.36. The molecule has 2 rings (SSSR count). The van der Waals surface area contributed by atoms with Gasteiger partial charge in [-0.3, -0.25) is 9.59 Å². The maximum Gasteiger partial charge on any atom is 0.328 e. The van der Waals surface area contributed by atoms with Crippen LogP contribution in [0.4, 0.5) is 4.39 Å². The molecule has 106 valence electrons. The molecule has 0 aromatic heterocycles. The first-order valence-electron chi connectivity index (χ1n) is 5.97. The van der Waals surface area contributed by atoms with Crippen LogP contribution >= 0.6 is 0 Å². The average Bonchev–Trinajstić information content (AvgIpc) is 2.40. The van der Waals surface area contributed by atoms with Crippen LogP contribution in [0, 0.1) is 12.7 Å². The highest BCUT2D eigenvalue weighted by atomic mass is 19.1. The molecule has 1 fully saturated rings. The van der Waals surface area contributed by atoms with Crippen LogP contribution in [0.1, 0.15) is 15.9 Å². The van der Waals surface area contributed by atoms with Crippen molar-refractivity contribution in [2.45, 2.75) is 13.0 Å². The van der Waals surface area contributed by atoms with Crippen molar-refractivity contribution < 1.29 is 23.9 Å². The van der Waals surface area contributed by atoms with E-state index >= 15 is 0 Å². The zero-order chi connectivity index (χ0) is 14.9. The first kappa shape index (κ1) is 14.0. The molecular formula is C13H13FN2O4. The lowest BCUT2D eigenvalue weighted by Gasteiger charge is -2.32. The van der Waals surface area contributed by atoms with E-state index in [2.05, 4.69) is 5.32 Å². The number of benzene rings is 1. The van der Waals surface area contributed by atoms with Crippen molar-refractivity contribution in [3.8, 4) is 0 Å². The van der Waals surface area contributed by atoms with Crippen molar-refractivity contribution >= 4 is 17.8 Å².